The molecular weight excluding hydrogens is 866 g/mol. The first kappa shape index (κ1) is 67.5. The zero-order chi connectivity index (χ0) is 49.8. The van der Waals surface area contributed by atoms with E-state index in [0.29, 0.717) is 24.1 Å². The molecule has 0 aliphatic heterocycles. The molecule has 68 heavy (non-hydrogen) atoms. The van der Waals surface area contributed by atoms with Gasteiger partial charge in [0.2, 0.25) is 0 Å². The number of carbonyl (C=O) groups excluding carboxylic acids is 1. The molecule has 0 fully saturated rings. The molecule has 0 bridgehead atoms. The summed E-state index contributed by atoms with van der Waals surface area (Å²) in [7, 11) is 1.38. The predicted octanol–water partition coefficient (Wildman–Crippen LogP) is 18.5. The zero-order valence-electron chi connectivity index (χ0n) is 46.6. The molecule has 9 heteroatoms. The first-order chi connectivity index (χ1) is 33.1. The van der Waals surface area contributed by atoms with E-state index in [0.717, 1.165) is 32.1 Å². The number of rotatable bonds is 58. The smallest absolute Gasteiger partial charge is 0.306 e. The third-order valence-corrected chi connectivity index (χ3v) is 14.9. The van der Waals surface area contributed by atoms with E-state index in [9.17, 15) is 14.3 Å². The minimum atomic E-state index is -4.52. The number of ether oxygens (including phenoxy) is 2. The van der Waals surface area contributed by atoms with Gasteiger partial charge in [-0.25, -0.2) is 0 Å². The van der Waals surface area contributed by atoms with Gasteiger partial charge in [0.25, 0.3) is 7.82 Å². The van der Waals surface area contributed by atoms with E-state index in [1.165, 1.54) is 263 Å². The molecule has 0 aliphatic rings. The molecule has 0 spiro atoms. The first-order valence-electron chi connectivity index (χ1n) is 30.3. The van der Waals surface area contributed by atoms with Gasteiger partial charge in [-0.15, -0.1) is 0 Å². The van der Waals surface area contributed by atoms with Gasteiger partial charge in [0.05, 0.1) is 34.4 Å². The zero-order valence-corrected chi connectivity index (χ0v) is 47.5. The molecule has 0 N–H and O–H groups in total. The number of phosphoric acid groups is 1. The Morgan fingerprint density at radius 3 is 0.971 bits per heavy atom. The number of carbonyl (C=O) groups is 1. The van der Waals surface area contributed by atoms with Gasteiger partial charge in [-0.1, -0.05) is 296 Å². The van der Waals surface area contributed by atoms with Crippen LogP contribution in [0.2, 0.25) is 0 Å². The number of unbranched alkanes of at least 4 members (excludes halogenated alkanes) is 44. The average molecular weight is 987 g/mol. The van der Waals surface area contributed by atoms with Crippen molar-refractivity contribution < 1.29 is 37.3 Å². The van der Waals surface area contributed by atoms with Crippen molar-refractivity contribution in [1.29, 1.82) is 0 Å². The Labute approximate surface area is 425 Å². The van der Waals surface area contributed by atoms with E-state index in [-0.39, 0.29) is 25.8 Å². The second kappa shape index (κ2) is 52.8. The summed E-state index contributed by atoms with van der Waals surface area (Å²) in [5.74, 6) is -0.323. The van der Waals surface area contributed by atoms with Crippen molar-refractivity contribution in [1.82, 2.24) is 0 Å². The molecule has 8 nitrogen and oxygen atoms in total. The van der Waals surface area contributed by atoms with Crippen molar-refractivity contribution in [3.63, 3.8) is 0 Å². The fraction of sp³-hybridized carbons (Fsp3) is 0.983. The monoisotopic (exact) mass is 986 g/mol. The molecule has 0 amide bonds. The quantitative estimate of drug-likeness (QED) is 0.0259. The van der Waals surface area contributed by atoms with Crippen LogP contribution >= 0.6 is 7.82 Å². The summed E-state index contributed by atoms with van der Waals surface area (Å²) in [6.07, 6.45) is 61.7. The fourth-order valence-electron chi connectivity index (χ4n) is 9.26. The van der Waals surface area contributed by atoms with Crippen LogP contribution in [0.5, 0.6) is 0 Å². The largest absolute Gasteiger partial charge is 0.756 e. The maximum Gasteiger partial charge on any atom is 0.306 e. The number of quaternary nitrogens is 1. The van der Waals surface area contributed by atoms with E-state index in [1.54, 1.807) is 0 Å². The van der Waals surface area contributed by atoms with E-state index in [2.05, 4.69) is 13.8 Å². The van der Waals surface area contributed by atoms with Crippen molar-refractivity contribution in [3.05, 3.63) is 0 Å². The van der Waals surface area contributed by atoms with Crippen LogP contribution in [-0.4, -0.2) is 70.7 Å². The van der Waals surface area contributed by atoms with Crippen molar-refractivity contribution in [3.8, 4) is 0 Å². The highest BCUT2D eigenvalue weighted by Gasteiger charge is 2.20. The lowest BCUT2D eigenvalue weighted by atomic mass is 10.0. The average Bonchev–Trinajstić information content (AvgIpc) is 3.30. The normalized spacial score (nSPS) is 13.3. The minimum absolute atomic E-state index is 0.0318. The Hall–Kier alpha value is -0.500. The summed E-state index contributed by atoms with van der Waals surface area (Å²) in [5, 5.41) is 0. The van der Waals surface area contributed by atoms with Crippen LogP contribution in [0.15, 0.2) is 0 Å². The van der Waals surface area contributed by atoms with Gasteiger partial charge in [0.1, 0.15) is 19.3 Å². The molecule has 0 heterocycles. The van der Waals surface area contributed by atoms with Crippen LogP contribution in [0.25, 0.3) is 0 Å². The summed E-state index contributed by atoms with van der Waals surface area (Å²) < 4.78 is 34.8. The Balaban J connectivity index is 3.86. The molecule has 0 aromatic carbocycles. The molecule has 0 aliphatic carbocycles. The van der Waals surface area contributed by atoms with Gasteiger partial charge in [0.15, 0.2) is 0 Å². The van der Waals surface area contributed by atoms with Crippen LogP contribution in [0, 0.1) is 0 Å². The molecule has 0 aromatic rings. The minimum Gasteiger partial charge on any atom is -0.756 e. The lowest BCUT2D eigenvalue weighted by molar-refractivity contribution is -0.870. The number of hydrogen-bond donors (Lipinski definition) is 0. The summed E-state index contributed by atoms with van der Waals surface area (Å²) in [6.45, 7) is 5.50. The van der Waals surface area contributed by atoms with Gasteiger partial charge in [-0.3, -0.25) is 9.36 Å². The lowest BCUT2D eigenvalue weighted by Crippen LogP contribution is -2.37. The summed E-state index contributed by atoms with van der Waals surface area (Å²) >= 11 is 0. The highest BCUT2D eigenvalue weighted by Crippen LogP contribution is 2.38. The third kappa shape index (κ3) is 56.4. The summed E-state index contributed by atoms with van der Waals surface area (Å²) in [4.78, 5) is 25.2. The highest BCUT2D eigenvalue weighted by atomic mass is 31.2. The summed E-state index contributed by atoms with van der Waals surface area (Å²) in [6, 6.07) is 0. The molecule has 0 saturated carbocycles. The highest BCUT2D eigenvalue weighted by molar-refractivity contribution is 7.45. The van der Waals surface area contributed by atoms with Crippen molar-refractivity contribution in [2.24, 2.45) is 0 Å². The summed E-state index contributed by atoms with van der Waals surface area (Å²) in [5.41, 5.74) is 0. The van der Waals surface area contributed by atoms with Gasteiger partial charge >= 0.3 is 5.97 Å². The van der Waals surface area contributed by atoms with Crippen molar-refractivity contribution in [2.45, 2.75) is 322 Å². The molecule has 1 unspecified atom stereocenters. The molecule has 0 saturated heterocycles. The number of phosphoric ester groups is 1. The van der Waals surface area contributed by atoms with Crippen LogP contribution in [0.1, 0.15) is 316 Å². The second-order valence-corrected chi connectivity index (χ2v) is 23.5. The van der Waals surface area contributed by atoms with Crippen LogP contribution in [0.3, 0.4) is 0 Å². The fourth-order valence-corrected chi connectivity index (χ4v) is 9.99. The van der Waals surface area contributed by atoms with E-state index < -0.39 is 13.9 Å². The topological polar surface area (TPSA) is 94.1 Å². The van der Waals surface area contributed by atoms with E-state index >= 15 is 0 Å². The Morgan fingerprint density at radius 1 is 0.397 bits per heavy atom. The molecular formula is C59H120NO7P. The molecule has 408 valence electrons. The SMILES string of the molecule is CCCCCCCCCCCCCCCCCCCCCCCCCCCCCCCCCCC(=O)O[C@H](COCCCCCCCCCCCCCCCC)COP(=O)([O-])OCC[N+](C)(C)C. The van der Waals surface area contributed by atoms with E-state index in [1.807, 2.05) is 21.1 Å². The third-order valence-electron chi connectivity index (χ3n) is 13.9. The number of likely N-dealkylation sites (N-methyl/N-ethyl adjacent to an activating group) is 1. The lowest BCUT2D eigenvalue weighted by Gasteiger charge is -2.28. The van der Waals surface area contributed by atoms with Crippen molar-refractivity contribution >= 4 is 13.8 Å². The second-order valence-electron chi connectivity index (χ2n) is 22.1. The Kier molecular flexibility index (Phi) is 52.4. The number of hydrogen-bond acceptors (Lipinski definition) is 7. The van der Waals surface area contributed by atoms with E-state index in [4.69, 9.17) is 18.5 Å². The molecule has 0 rings (SSSR count). The maximum atomic E-state index is 12.8. The van der Waals surface area contributed by atoms with Crippen molar-refractivity contribution in [2.75, 3.05) is 54.1 Å². The van der Waals surface area contributed by atoms with Crippen LogP contribution in [0.4, 0.5) is 0 Å². The molecule has 2 atom stereocenters. The van der Waals surface area contributed by atoms with Crippen LogP contribution < -0.4 is 4.89 Å². The first-order valence-corrected chi connectivity index (χ1v) is 31.7. The van der Waals surface area contributed by atoms with Gasteiger partial charge in [-0.05, 0) is 12.8 Å². The molecule has 0 aromatic heterocycles. The number of esters is 1. The van der Waals surface area contributed by atoms with Gasteiger partial charge in [0, 0.05) is 13.0 Å². The standard InChI is InChI=1S/C59H120NO7P/c1-6-8-10-12-14-16-18-20-22-23-24-25-26-27-28-29-30-31-32-33-34-35-36-37-38-39-40-42-44-46-48-50-52-59(61)67-58(57-66-68(62,63)65-55-53-60(3,4)5)56-64-54-51-49-47-45-43-41-21-19-17-15-13-11-9-7-2/h58H,6-57H2,1-5H3/t58-/m1/s1. The molecule has 0 radical (unpaired) electrons. The maximum absolute atomic E-state index is 12.8. The predicted molar refractivity (Wildman–Crippen MR) is 291 cm³/mol. The van der Waals surface area contributed by atoms with Gasteiger partial charge in [-0.2, -0.15) is 0 Å². The number of nitrogens with zero attached hydrogens (tertiary/aromatic N) is 1. The van der Waals surface area contributed by atoms with Crippen LogP contribution in [-0.2, 0) is 27.9 Å². The Morgan fingerprint density at radius 2 is 0.676 bits per heavy atom. The Bertz CT molecular complexity index is 1050. The van der Waals surface area contributed by atoms with Gasteiger partial charge < -0.3 is 27.9 Å².